The van der Waals surface area contributed by atoms with Gasteiger partial charge in [0.15, 0.2) is 0 Å². The number of benzene rings is 1. The van der Waals surface area contributed by atoms with E-state index in [-0.39, 0.29) is 17.2 Å². The van der Waals surface area contributed by atoms with Gasteiger partial charge < -0.3 is 9.84 Å². The lowest BCUT2D eigenvalue weighted by molar-refractivity contribution is 0.0696. The highest BCUT2D eigenvalue weighted by Gasteiger charge is 2.11. The Labute approximate surface area is 115 Å². The van der Waals surface area contributed by atoms with Crippen molar-refractivity contribution in [3.63, 3.8) is 0 Å². The fourth-order valence-electron chi connectivity index (χ4n) is 1.24. The largest absolute Gasteiger partial charge is 0.478 e. The number of aromatic carboxylic acids is 1. The van der Waals surface area contributed by atoms with Crippen LogP contribution in [0.1, 0.15) is 41.0 Å². The van der Waals surface area contributed by atoms with Crippen LogP contribution in [-0.4, -0.2) is 29.2 Å². The molecule has 0 spiro atoms. The van der Waals surface area contributed by atoms with Gasteiger partial charge in [-0.25, -0.2) is 15.0 Å². The Morgan fingerprint density at radius 1 is 1.15 bits per heavy atom. The number of ether oxygens (including phenoxy) is 1. The number of hydrazine groups is 1. The van der Waals surface area contributed by atoms with E-state index in [0.717, 1.165) is 0 Å². The predicted molar refractivity (Wildman–Crippen MR) is 70.2 cm³/mol. The van der Waals surface area contributed by atoms with E-state index in [4.69, 9.17) is 9.84 Å². The molecule has 108 valence electrons. The Balaban J connectivity index is 2.50. The van der Waals surface area contributed by atoms with Crippen molar-refractivity contribution in [1.82, 2.24) is 10.9 Å². The third-order valence-electron chi connectivity index (χ3n) is 2.56. The van der Waals surface area contributed by atoms with Crippen LogP contribution >= 0.6 is 0 Å². The van der Waals surface area contributed by atoms with Crippen molar-refractivity contribution >= 4 is 18.0 Å². The highest BCUT2D eigenvalue weighted by Crippen LogP contribution is 2.04. The first-order valence-electron chi connectivity index (χ1n) is 6.04. The average molecular weight is 280 g/mol. The SMILES string of the molecule is CCC(C)OC(=O)NNC(=O)c1ccc(C(=O)O)cc1. The molecule has 2 amide bonds. The summed E-state index contributed by atoms with van der Waals surface area (Å²) in [4.78, 5) is 33.6. The number of carbonyl (C=O) groups is 3. The lowest BCUT2D eigenvalue weighted by Crippen LogP contribution is -2.42. The molecule has 0 bridgehead atoms. The van der Waals surface area contributed by atoms with Gasteiger partial charge in [-0.1, -0.05) is 6.92 Å². The van der Waals surface area contributed by atoms with Gasteiger partial charge in [-0.05, 0) is 37.6 Å². The lowest BCUT2D eigenvalue weighted by atomic mass is 10.1. The number of hydrogen-bond acceptors (Lipinski definition) is 4. The minimum absolute atomic E-state index is 0.0747. The van der Waals surface area contributed by atoms with Crippen molar-refractivity contribution in [3.8, 4) is 0 Å². The molecular formula is C13H16N2O5. The molecule has 20 heavy (non-hydrogen) atoms. The smallest absolute Gasteiger partial charge is 0.426 e. The maximum absolute atomic E-state index is 11.7. The number of rotatable bonds is 4. The van der Waals surface area contributed by atoms with Gasteiger partial charge in [-0.15, -0.1) is 0 Å². The van der Waals surface area contributed by atoms with Crippen molar-refractivity contribution in [2.45, 2.75) is 26.4 Å². The van der Waals surface area contributed by atoms with Crippen LogP contribution in [0.2, 0.25) is 0 Å². The Hall–Kier alpha value is -2.57. The fraction of sp³-hybridized carbons (Fsp3) is 0.308. The number of hydrogen-bond donors (Lipinski definition) is 3. The Bertz CT molecular complexity index is 498. The molecule has 1 aromatic rings. The van der Waals surface area contributed by atoms with Crippen LogP contribution in [-0.2, 0) is 4.74 Å². The van der Waals surface area contributed by atoms with Crippen LogP contribution in [0, 0.1) is 0 Å². The van der Waals surface area contributed by atoms with Gasteiger partial charge in [0.2, 0.25) is 0 Å². The number of amides is 2. The summed E-state index contributed by atoms with van der Waals surface area (Å²) in [5.41, 5.74) is 4.57. The van der Waals surface area contributed by atoms with Gasteiger partial charge >= 0.3 is 12.1 Å². The highest BCUT2D eigenvalue weighted by atomic mass is 16.6. The molecule has 0 aliphatic rings. The summed E-state index contributed by atoms with van der Waals surface area (Å²) < 4.78 is 4.89. The fourth-order valence-corrected chi connectivity index (χ4v) is 1.24. The van der Waals surface area contributed by atoms with Crippen LogP contribution < -0.4 is 10.9 Å². The minimum Gasteiger partial charge on any atom is -0.478 e. The first-order chi connectivity index (χ1) is 9.43. The van der Waals surface area contributed by atoms with Crippen molar-refractivity contribution in [2.75, 3.05) is 0 Å². The number of carboxylic acid groups (broad SMARTS) is 1. The van der Waals surface area contributed by atoms with Crippen LogP contribution in [0.3, 0.4) is 0 Å². The Kier molecular flexibility index (Phi) is 5.52. The zero-order valence-corrected chi connectivity index (χ0v) is 11.2. The molecule has 1 unspecified atom stereocenters. The summed E-state index contributed by atoms with van der Waals surface area (Å²) in [6, 6.07) is 5.30. The van der Waals surface area contributed by atoms with Crippen molar-refractivity contribution in [3.05, 3.63) is 35.4 Å². The Morgan fingerprint density at radius 2 is 1.70 bits per heavy atom. The number of carboxylic acids is 1. The van der Waals surface area contributed by atoms with E-state index < -0.39 is 18.0 Å². The van der Waals surface area contributed by atoms with E-state index in [1.807, 2.05) is 6.92 Å². The molecule has 3 N–H and O–H groups in total. The molecule has 0 fully saturated rings. The third kappa shape index (κ3) is 4.60. The summed E-state index contributed by atoms with van der Waals surface area (Å²) in [6.07, 6.45) is -0.338. The molecule has 0 saturated carbocycles. The van der Waals surface area contributed by atoms with Crippen molar-refractivity contribution in [2.24, 2.45) is 0 Å². The highest BCUT2D eigenvalue weighted by molar-refractivity contribution is 5.96. The van der Waals surface area contributed by atoms with Gasteiger partial charge in [-0.2, -0.15) is 0 Å². The quantitative estimate of drug-likeness (QED) is 0.726. The van der Waals surface area contributed by atoms with E-state index >= 15 is 0 Å². The topological polar surface area (TPSA) is 105 Å². The Morgan fingerprint density at radius 3 is 2.20 bits per heavy atom. The molecule has 0 aliphatic carbocycles. The molecule has 0 heterocycles. The molecule has 0 saturated heterocycles. The van der Waals surface area contributed by atoms with Crippen LogP contribution in [0.4, 0.5) is 4.79 Å². The summed E-state index contributed by atoms with van der Waals surface area (Å²) >= 11 is 0. The second-order valence-electron chi connectivity index (χ2n) is 4.09. The number of carbonyl (C=O) groups excluding carboxylic acids is 2. The first-order valence-corrected chi connectivity index (χ1v) is 6.04. The number of nitrogens with one attached hydrogen (secondary N) is 2. The maximum Gasteiger partial charge on any atom is 0.426 e. The van der Waals surface area contributed by atoms with Gasteiger partial charge in [0.05, 0.1) is 5.56 Å². The van der Waals surface area contributed by atoms with E-state index in [9.17, 15) is 14.4 Å². The standard InChI is InChI=1S/C13H16N2O5/c1-3-8(2)20-13(19)15-14-11(16)9-4-6-10(7-5-9)12(17)18/h4-8H,3H2,1-2H3,(H,14,16)(H,15,19)(H,17,18). The summed E-state index contributed by atoms with van der Waals surface area (Å²) in [5, 5.41) is 8.72. The second-order valence-corrected chi connectivity index (χ2v) is 4.09. The lowest BCUT2D eigenvalue weighted by Gasteiger charge is -2.12. The normalized spacial score (nSPS) is 11.3. The monoisotopic (exact) mass is 280 g/mol. The van der Waals surface area contributed by atoms with E-state index in [2.05, 4.69) is 10.9 Å². The van der Waals surface area contributed by atoms with Crippen LogP contribution in [0.5, 0.6) is 0 Å². The van der Waals surface area contributed by atoms with E-state index in [0.29, 0.717) is 6.42 Å². The van der Waals surface area contributed by atoms with Crippen molar-refractivity contribution < 1.29 is 24.2 Å². The molecule has 7 nitrogen and oxygen atoms in total. The van der Waals surface area contributed by atoms with Gasteiger partial charge in [0.25, 0.3) is 5.91 Å². The van der Waals surface area contributed by atoms with Gasteiger partial charge in [0, 0.05) is 5.56 Å². The summed E-state index contributed by atoms with van der Waals surface area (Å²) in [5.74, 6) is -1.64. The van der Waals surface area contributed by atoms with Crippen LogP contribution in [0.15, 0.2) is 24.3 Å². The average Bonchev–Trinajstić information content (AvgIpc) is 2.44. The van der Waals surface area contributed by atoms with Gasteiger partial charge in [-0.3, -0.25) is 10.2 Å². The third-order valence-corrected chi connectivity index (χ3v) is 2.56. The second kappa shape index (κ2) is 7.13. The van der Waals surface area contributed by atoms with E-state index in [1.165, 1.54) is 24.3 Å². The van der Waals surface area contributed by atoms with Crippen molar-refractivity contribution in [1.29, 1.82) is 0 Å². The van der Waals surface area contributed by atoms with Crippen LogP contribution in [0.25, 0.3) is 0 Å². The molecule has 1 aromatic carbocycles. The molecule has 0 aliphatic heterocycles. The molecule has 0 aromatic heterocycles. The first kappa shape index (κ1) is 15.5. The summed E-state index contributed by atoms with van der Waals surface area (Å²) in [6.45, 7) is 3.59. The van der Waals surface area contributed by atoms with Gasteiger partial charge in [0.1, 0.15) is 6.10 Å². The van der Waals surface area contributed by atoms with E-state index in [1.54, 1.807) is 6.92 Å². The molecule has 0 radical (unpaired) electrons. The predicted octanol–water partition coefficient (Wildman–Crippen LogP) is 1.55. The molecule has 1 atom stereocenters. The zero-order chi connectivity index (χ0) is 15.1. The molecule has 7 heteroatoms. The zero-order valence-electron chi connectivity index (χ0n) is 11.2. The molecule has 1 rings (SSSR count). The summed E-state index contributed by atoms with van der Waals surface area (Å²) in [7, 11) is 0. The molecular weight excluding hydrogens is 264 g/mol. The minimum atomic E-state index is -1.08. The maximum atomic E-state index is 11.7.